The van der Waals surface area contributed by atoms with Crippen LogP contribution in [0.5, 0.6) is 5.75 Å². The van der Waals surface area contributed by atoms with Crippen LogP contribution >= 0.6 is 11.6 Å². The predicted molar refractivity (Wildman–Crippen MR) is 126 cm³/mol. The lowest BCUT2D eigenvalue weighted by atomic mass is 10.1. The molecule has 0 spiro atoms. The number of piperazine rings is 1. The molecule has 35 heavy (non-hydrogen) atoms. The van der Waals surface area contributed by atoms with Gasteiger partial charge >= 0.3 is 6.09 Å². The zero-order valence-electron chi connectivity index (χ0n) is 18.8. The molecular weight excluding hydrogens is 482 g/mol. The molecule has 0 bridgehead atoms. The van der Waals surface area contributed by atoms with Gasteiger partial charge in [-0.25, -0.2) is 18.6 Å². The van der Waals surface area contributed by atoms with E-state index in [1.54, 1.807) is 12.1 Å². The van der Waals surface area contributed by atoms with Crippen LogP contribution in [0, 0.1) is 11.6 Å². The Morgan fingerprint density at radius 1 is 1.20 bits per heavy atom. The fraction of sp³-hybridized carbons (Fsp3) is 0.292. The van der Waals surface area contributed by atoms with Crippen molar-refractivity contribution >= 4 is 34.5 Å². The fourth-order valence-electron chi connectivity index (χ4n) is 3.85. The van der Waals surface area contributed by atoms with Gasteiger partial charge in [-0.1, -0.05) is 24.6 Å². The summed E-state index contributed by atoms with van der Waals surface area (Å²) in [5, 5.41) is 10.2. The highest BCUT2D eigenvalue weighted by Crippen LogP contribution is 2.32. The van der Waals surface area contributed by atoms with Crippen molar-refractivity contribution in [3.05, 3.63) is 58.6 Å². The number of fused-ring (bicyclic) bond motifs is 1. The molecular formula is C24H23ClF2N4O4. The van der Waals surface area contributed by atoms with E-state index in [2.05, 4.69) is 4.98 Å². The number of ether oxygens (including phenoxy) is 1. The summed E-state index contributed by atoms with van der Waals surface area (Å²) in [7, 11) is 0. The molecule has 0 radical (unpaired) electrons. The second-order valence-corrected chi connectivity index (χ2v) is 8.54. The number of aromatic hydroxyl groups is 1. The molecule has 1 saturated heterocycles. The minimum absolute atomic E-state index is 0.0754. The Hall–Kier alpha value is -3.50. The Morgan fingerprint density at radius 2 is 1.91 bits per heavy atom. The molecule has 11 heteroatoms. The lowest BCUT2D eigenvalue weighted by molar-refractivity contribution is 0.0392. The van der Waals surface area contributed by atoms with Crippen molar-refractivity contribution in [3.8, 4) is 17.0 Å². The number of phenols is 1. The first-order valence-corrected chi connectivity index (χ1v) is 11.3. The average molecular weight is 505 g/mol. The van der Waals surface area contributed by atoms with Crippen LogP contribution in [0.2, 0.25) is 5.02 Å². The molecule has 3 N–H and O–H groups in total. The molecule has 2 aromatic carbocycles. The van der Waals surface area contributed by atoms with E-state index in [1.807, 2.05) is 6.92 Å². The van der Waals surface area contributed by atoms with Gasteiger partial charge in [0, 0.05) is 29.6 Å². The first-order chi connectivity index (χ1) is 16.7. The highest BCUT2D eigenvalue weighted by atomic mass is 35.5. The van der Waals surface area contributed by atoms with E-state index < -0.39 is 29.6 Å². The predicted octanol–water partition coefficient (Wildman–Crippen LogP) is 4.13. The van der Waals surface area contributed by atoms with Gasteiger partial charge in [0.1, 0.15) is 0 Å². The summed E-state index contributed by atoms with van der Waals surface area (Å²) >= 11 is 6.37. The Labute approximate surface area is 204 Å². The van der Waals surface area contributed by atoms with Crippen LogP contribution < -0.4 is 5.73 Å². The number of aromatic nitrogens is 1. The molecule has 2 heterocycles. The van der Waals surface area contributed by atoms with Crippen LogP contribution in [0.25, 0.3) is 22.2 Å². The Kier molecular flexibility index (Phi) is 7.04. The SMILES string of the molecule is CCCOC(=O)N1CCN(C(=O)c2ccc3c(Cl)cc(-c4cc(F)c(O)c(F)c4)nc3c2)C(N)C1. The summed E-state index contributed by atoms with van der Waals surface area (Å²) in [5.74, 6) is -3.70. The summed E-state index contributed by atoms with van der Waals surface area (Å²) < 4.78 is 32.8. The highest BCUT2D eigenvalue weighted by molar-refractivity contribution is 6.35. The van der Waals surface area contributed by atoms with Crippen LogP contribution in [0.15, 0.2) is 36.4 Å². The van der Waals surface area contributed by atoms with Gasteiger partial charge < -0.3 is 25.4 Å². The lowest BCUT2D eigenvalue weighted by Gasteiger charge is -2.39. The van der Waals surface area contributed by atoms with Gasteiger partial charge in [0.05, 0.1) is 35.6 Å². The van der Waals surface area contributed by atoms with Gasteiger partial charge in [-0.3, -0.25) is 4.79 Å². The molecule has 1 fully saturated rings. The average Bonchev–Trinajstić information content (AvgIpc) is 2.84. The molecule has 0 saturated carbocycles. The van der Waals surface area contributed by atoms with Crippen LogP contribution in [0.3, 0.4) is 0 Å². The molecule has 1 aromatic heterocycles. The van der Waals surface area contributed by atoms with Crippen molar-refractivity contribution in [2.24, 2.45) is 5.73 Å². The van der Waals surface area contributed by atoms with E-state index in [1.165, 1.54) is 21.9 Å². The van der Waals surface area contributed by atoms with Crippen molar-refractivity contribution in [1.82, 2.24) is 14.8 Å². The number of pyridine rings is 1. The van der Waals surface area contributed by atoms with Gasteiger partial charge in [0.25, 0.3) is 5.91 Å². The van der Waals surface area contributed by atoms with E-state index in [0.29, 0.717) is 29.5 Å². The number of hydrogen-bond acceptors (Lipinski definition) is 6. The molecule has 1 unspecified atom stereocenters. The van der Waals surface area contributed by atoms with E-state index in [0.717, 1.165) is 12.1 Å². The summed E-state index contributed by atoms with van der Waals surface area (Å²) in [6, 6.07) is 8.08. The highest BCUT2D eigenvalue weighted by Gasteiger charge is 2.31. The number of rotatable bonds is 4. The van der Waals surface area contributed by atoms with Crippen LogP contribution in [-0.2, 0) is 4.74 Å². The molecule has 184 valence electrons. The summed E-state index contributed by atoms with van der Waals surface area (Å²) in [5.41, 5.74) is 7.05. The first kappa shape index (κ1) is 24.6. The number of nitrogens with zero attached hydrogens (tertiary/aromatic N) is 3. The molecule has 1 atom stereocenters. The molecule has 0 aliphatic carbocycles. The molecule has 3 aromatic rings. The Morgan fingerprint density at radius 3 is 2.57 bits per heavy atom. The van der Waals surface area contributed by atoms with Crippen molar-refractivity contribution in [3.63, 3.8) is 0 Å². The molecule has 8 nitrogen and oxygen atoms in total. The largest absolute Gasteiger partial charge is 0.503 e. The number of carbonyl (C=O) groups is 2. The van der Waals surface area contributed by atoms with Crippen molar-refractivity contribution < 1.29 is 28.2 Å². The number of carbonyl (C=O) groups excluding carboxylic acids is 2. The van der Waals surface area contributed by atoms with Gasteiger partial charge in [-0.2, -0.15) is 0 Å². The molecule has 1 aliphatic heterocycles. The minimum atomic E-state index is -1.13. The number of phenolic OH excluding ortho intramolecular Hbond substituents is 1. The second kappa shape index (κ2) is 10.0. The van der Waals surface area contributed by atoms with Gasteiger partial charge in [0.15, 0.2) is 17.4 Å². The number of halogens is 3. The van der Waals surface area contributed by atoms with Gasteiger partial charge in [-0.05, 0) is 36.8 Å². The maximum Gasteiger partial charge on any atom is 0.409 e. The summed E-state index contributed by atoms with van der Waals surface area (Å²) in [6.45, 7) is 2.84. The zero-order chi connectivity index (χ0) is 25.3. The summed E-state index contributed by atoms with van der Waals surface area (Å²) in [6.07, 6.45) is -0.491. The zero-order valence-corrected chi connectivity index (χ0v) is 19.6. The quantitative estimate of drug-likeness (QED) is 0.553. The summed E-state index contributed by atoms with van der Waals surface area (Å²) in [4.78, 5) is 32.6. The molecule has 1 aliphatic rings. The standard InChI is InChI=1S/C24H23ClF2N4O4/c1-2-7-35-24(34)30-5-6-31(21(28)12-30)23(33)13-3-4-15-16(25)11-19(29-20(15)10-13)14-8-17(26)22(32)18(27)9-14/h3-4,8-11,21,32H,2,5-7,12,28H2,1H3. The van der Waals surface area contributed by atoms with E-state index in [4.69, 9.17) is 22.1 Å². The lowest BCUT2D eigenvalue weighted by Crippen LogP contribution is -2.60. The number of benzene rings is 2. The Balaban J connectivity index is 1.60. The fourth-order valence-corrected chi connectivity index (χ4v) is 4.12. The normalized spacial score (nSPS) is 16.0. The van der Waals surface area contributed by atoms with Crippen molar-refractivity contribution in [2.75, 3.05) is 26.2 Å². The molecule has 2 amide bonds. The van der Waals surface area contributed by atoms with Crippen molar-refractivity contribution in [1.29, 1.82) is 0 Å². The smallest absolute Gasteiger partial charge is 0.409 e. The van der Waals surface area contributed by atoms with Crippen LogP contribution in [0.4, 0.5) is 13.6 Å². The monoisotopic (exact) mass is 504 g/mol. The third kappa shape index (κ3) is 4.98. The third-order valence-electron chi connectivity index (χ3n) is 5.69. The maximum atomic E-state index is 13.8. The number of nitrogens with two attached hydrogens (primary N) is 1. The van der Waals surface area contributed by atoms with Crippen LogP contribution in [0.1, 0.15) is 23.7 Å². The van der Waals surface area contributed by atoms with Gasteiger partial charge in [-0.15, -0.1) is 0 Å². The van der Waals surface area contributed by atoms with E-state index in [9.17, 15) is 23.5 Å². The topological polar surface area (TPSA) is 109 Å². The maximum absolute atomic E-state index is 13.8. The third-order valence-corrected chi connectivity index (χ3v) is 6.00. The van der Waals surface area contributed by atoms with E-state index >= 15 is 0 Å². The molecule has 4 rings (SSSR count). The minimum Gasteiger partial charge on any atom is -0.503 e. The Bertz CT molecular complexity index is 1280. The second-order valence-electron chi connectivity index (χ2n) is 8.14. The number of amides is 2. The van der Waals surface area contributed by atoms with Crippen LogP contribution in [-0.4, -0.2) is 64.3 Å². The van der Waals surface area contributed by atoms with Gasteiger partial charge in [0.2, 0.25) is 0 Å². The van der Waals surface area contributed by atoms with Crippen molar-refractivity contribution in [2.45, 2.75) is 19.5 Å². The number of hydrogen-bond donors (Lipinski definition) is 2. The first-order valence-electron chi connectivity index (χ1n) is 11.0. The van der Waals surface area contributed by atoms with E-state index in [-0.39, 0.29) is 41.8 Å².